The Hall–Kier alpha value is -2.10. The first kappa shape index (κ1) is 19.7. The fourth-order valence-electron chi connectivity index (χ4n) is 3.76. The maximum atomic E-state index is 13.4. The molecule has 0 bridgehead atoms. The molecule has 0 aliphatic heterocycles. The molecule has 1 aromatic heterocycles. The topological polar surface area (TPSA) is 25.8 Å². The van der Waals surface area contributed by atoms with E-state index in [-0.39, 0.29) is 0 Å². The molecule has 27 heavy (non-hydrogen) atoms. The van der Waals surface area contributed by atoms with Crippen molar-refractivity contribution in [2.24, 2.45) is 11.8 Å². The van der Waals surface area contributed by atoms with Crippen molar-refractivity contribution in [2.75, 3.05) is 0 Å². The summed E-state index contributed by atoms with van der Waals surface area (Å²) in [6.07, 6.45) is 18.1. The molecule has 1 aliphatic rings. The fraction of sp³-hybridized carbons (Fsp3) is 0.478. The summed E-state index contributed by atoms with van der Waals surface area (Å²) >= 11 is 0. The first-order chi connectivity index (χ1) is 13.2. The molecule has 1 saturated carbocycles. The fourth-order valence-corrected chi connectivity index (χ4v) is 3.76. The number of halogens is 2. The lowest BCUT2D eigenvalue weighted by Crippen LogP contribution is -2.13. The number of benzene rings is 1. The van der Waals surface area contributed by atoms with E-state index >= 15 is 0 Å². The van der Waals surface area contributed by atoms with Crippen LogP contribution in [0.2, 0.25) is 0 Å². The van der Waals surface area contributed by atoms with Crippen molar-refractivity contribution in [3.63, 3.8) is 0 Å². The minimum absolute atomic E-state index is 0.428. The Kier molecular flexibility index (Phi) is 7.08. The standard InChI is InChI=1S/C23H28F2N2/c1-2-3-4-5-17-6-8-18(9-7-17)10-11-19-15-26-23(27-16-19)20-12-13-21(24)22(25)14-20/h4-5,12-18H,2-3,6-11H2,1H3/b5-4+. The van der Waals surface area contributed by atoms with Gasteiger partial charge in [0.1, 0.15) is 0 Å². The highest BCUT2D eigenvalue weighted by molar-refractivity contribution is 5.54. The van der Waals surface area contributed by atoms with E-state index in [1.807, 2.05) is 12.4 Å². The first-order valence-electron chi connectivity index (χ1n) is 10.1. The number of unbranched alkanes of at least 4 members (excludes halogenated alkanes) is 1. The van der Waals surface area contributed by atoms with E-state index in [9.17, 15) is 8.78 Å². The van der Waals surface area contributed by atoms with Gasteiger partial charge in [0, 0.05) is 18.0 Å². The van der Waals surface area contributed by atoms with Gasteiger partial charge in [0.15, 0.2) is 17.5 Å². The lowest BCUT2D eigenvalue weighted by Gasteiger charge is -2.26. The van der Waals surface area contributed by atoms with Crippen LogP contribution < -0.4 is 0 Å². The molecule has 0 unspecified atom stereocenters. The van der Waals surface area contributed by atoms with Crippen LogP contribution in [0.3, 0.4) is 0 Å². The van der Waals surface area contributed by atoms with Gasteiger partial charge in [-0.1, -0.05) is 25.5 Å². The molecule has 0 atom stereocenters. The Morgan fingerprint density at radius 2 is 1.78 bits per heavy atom. The molecule has 3 rings (SSSR count). The van der Waals surface area contributed by atoms with Crippen LogP contribution in [0.5, 0.6) is 0 Å². The van der Waals surface area contributed by atoms with E-state index in [0.717, 1.165) is 36.0 Å². The third-order valence-electron chi connectivity index (χ3n) is 5.48. The van der Waals surface area contributed by atoms with Gasteiger partial charge in [0.25, 0.3) is 0 Å². The number of rotatable bonds is 7. The van der Waals surface area contributed by atoms with E-state index in [4.69, 9.17) is 0 Å². The number of hydrogen-bond donors (Lipinski definition) is 0. The summed E-state index contributed by atoms with van der Waals surface area (Å²) in [6, 6.07) is 3.74. The van der Waals surface area contributed by atoms with Crippen molar-refractivity contribution in [1.82, 2.24) is 9.97 Å². The van der Waals surface area contributed by atoms with Gasteiger partial charge in [0.05, 0.1) is 0 Å². The largest absolute Gasteiger partial charge is 0.236 e. The molecule has 1 fully saturated rings. The van der Waals surface area contributed by atoms with Gasteiger partial charge >= 0.3 is 0 Å². The van der Waals surface area contributed by atoms with Crippen LogP contribution in [0.15, 0.2) is 42.7 Å². The Labute approximate surface area is 160 Å². The quantitative estimate of drug-likeness (QED) is 0.519. The zero-order valence-corrected chi connectivity index (χ0v) is 16.0. The predicted octanol–water partition coefficient (Wildman–Crippen LogP) is 6.52. The highest BCUT2D eigenvalue weighted by atomic mass is 19.2. The molecule has 144 valence electrons. The molecule has 1 aliphatic carbocycles. The Bertz CT molecular complexity index is 747. The van der Waals surface area contributed by atoms with Crippen LogP contribution in [-0.4, -0.2) is 9.97 Å². The van der Waals surface area contributed by atoms with Crippen LogP contribution in [-0.2, 0) is 6.42 Å². The second kappa shape index (κ2) is 9.72. The summed E-state index contributed by atoms with van der Waals surface area (Å²) in [5.74, 6) is 0.251. The van der Waals surface area contributed by atoms with Crippen molar-refractivity contribution in [1.29, 1.82) is 0 Å². The zero-order chi connectivity index (χ0) is 19.1. The van der Waals surface area contributed by atoms with E-state index in [2.05, 4.69) is 29.0 Å². The number of allylic oxidation sites excluding steroid dienone is 2. The van der Waals surface area contributed by atoms with Gasteiger partial charge in [-0.2, -0.15) is 0 Å². The van der Waals surface area contributed by atoms with Gasteiger partial charge in [-0.05, 0) is 80.5 Å². The first-order valence-corrected chi connectivity index (χ1v) is 10.1. The molecule has 0 spiro atoms. The average Bonchev–Trinajstić information content (AvgIpc) is 2.70. The molecule has 0 N–H and O–H groups in total. The van der Waals surface area contributed by atoms with Gasteiger partial charge in [-0.3, -0.25) is 0 Å². The van der Waals surface area contributed by atoms with Gasteiger partial charge < -0.3 is 0 Å². The molecule has 2 nitrogen and oxygen atoms in total. The third-order valence-corrected chi connectivity index (χ3v) is 5.48. The van der Waals surface area contributed by atoms with Gasteiger partial charge in [-0.25, -0.2) is 18.7 Å². The zero-order valence-electron chi connectivity index (χ0n) is 16.0. The molecule has 1 aromatic carbocycles. The van der Waals surface area contributed by atoms with Crippen LogP contribution in [0.4, 0.5) is 8.78 Å². The van der Waals surface area contributed by atoms with Crippen molar-refractivity contribution in [2.45, 2.75) is 58.3 Å². The van der Waals surface area contributed by atoms with Crippen LogP contribution >= 0.6 is 0 Å². The number of aromatic nitrogens is 2. The lowest BCUT2D eigenvalue weighted by molar-refractivity contribution is 0.296. The summed E-state index contributed by atoms with van der Waals surface area (Å²) in [5.41, 5.74) is 1.60. The molecular weight excluding hydrogens is 342 g/mol. The van der Waals surface area contributed by atoms with E-state index < -0.39 is 11.6 Å². The number of hydrogen-bond acceptors (Lipinski definition) is 2. The van der Waals surface area contributed by atoms with Crippen LogP contribution in [0.1, 0.15) is 57.4 Å². The summed E-state index contributed by atoms with van der Waals surface area (Å²) in [6.45, 7) is 2.22. The number of nitrogens with zero attached hydrogens (tertiary/aromatic N) is 2. The molecule has 0 saturated heterocycles. The van der Waals surface area contributed by atoms with Crippen molar-refractivity contribution >= 4 is 0 Å². The van der Waals surface area contributed by atoms with E-state index in [1.165, 1.54) is 51.0 Å². The molecule has 2 aromatic rings. The van der Waals surface area contributed by atoms with Crippen molar-refractivity contribution < 1.29 is 8.78 Å². The smallest absolute Gasteiger partial charge is 0.159 e. The lowest BCUT2D eigenvalue weighted by atomic mass is 9.79. The summed E-state index contributed by atoms with van der Waals surface area (Å²) in [4.78, 5) is 8.66. The van der Waals surface area contributed by atoms with E-state index in [1.54, 1.807) is 0 Å². The Balaban J connectivity index is 1.47. The Morgan fingerprint density at radius 3 is 2.44 bits per heavy atom. The summed E-state index contributed by atoms with van der Waals surface area (Å²) in [7, 11) is 0. The second-order valence-corrected chi connectivity index (χ2v) is 7.58. The predicted molar refractivity (Wildman–Crippen MR) is 105 cm³/mol. The van der Waals surface area contributed by atoms with Gasteiger partial charge in [-0.15, -0.1) is 0 Å². The minimum atomic E-state index is -0.875. The molecule has 1 heterocycles. The van der Waals surface area contributed by atoms with Crippen molar-refractivity contribution in [3.05, 3.63) is 59.9 Å². The van der Waals surface area contributed by atoms with Crippen molar-refractivity contribution in [3.8, 4) is 11.4 Å². The molecule has 4 heteroatoms. The van der Waals surface area contributed by atoms with E-state index in [0.29, 0.717) is 11.4 Å². The third kappa shape index (κ3) is 5.69. The Morgan fingerprint density at radius 1 is 1.04 bits per heavy atom. The van der Waals surface area contributed by atoms with Crippen LogP contribution in [0.25, 0.3) is 11.4 Å². The average molecular weight is 370 g/mol. The summed E-state index contributed by atoms with van der Waals surface area (Å²) in [5, 5.41) is 0. The highest BCUT2D eigenvalue weighted by Gasteiger charge is 2.19. The maximum Gasteiger partial charge on any atom is 0.159 e. The SMILES string of the molecule is CCC/C=C/C1CCC(CCc2cnc(-c3ccc(F)c(F)c3)nc2)CC1. The second-order valence-electron chi connectivity index (χ2n) is 7.58. The maximum absolute atomic E-state index is 13.4. The molecular formula is C23H28F2N2. The normalized spacial score (nSPS) is 20.3. The molecule has 0 amide bonds. The minimum Gasteiger partial charge on any atom is -0.236 e. The van der Waals surface area contributed by atoms with Gasteiger partial charge in [0.2, 0.25) is 0 Å². The summed E-state index contributed by atoms with van der Waals surface area (Å²) < 4.78 is 26.4. The monoisotopic (exact) mass is 370 g/mol. The number of aryl methyl sites for hydroxylation is 1. The highest BCUT2D eigenvalue weighted by Crippen LogP contribution is 2.32. The van der Waals surface area contributed by atoms with Crippen LogP contribution in [0, 0.1) is 23.5 Å². The molecule has 0 radical (unpaired) electrons.